The second-order valence-corrected chi connectivity index (χ2v) is 7.10. The topological polar surface area (TPSA) is 52.7 Å². The fraction of sp³-hybridized carbons (Fsp3) is 0.579. The Labute approximate surface area is 157 Å². The lowest BCUT2D eigenvalue weighted by atomic mass is 9.94. The van der Waals surface area contributed by atoms with Gasteiger partial charge in [0.2, 0.25) is 11.8 Å². The summed E-state index contributed by atoms with van der Waals surface area (Å²) in [5.41, 5.74) is -0.439. The minimum Gasteiger partial charge on any atom is -0.341 e. The molecule has 27 heavy (non-hydrogen) atoms. The van der Waals surface area contributed by atoms with Gasteiger partial charge in [-0.05, 0) is 38.9 Å². The summed E-state index contributed by atoms with van der Waals surface area (Å²) in [4.78, 5) is 28.1. The van der Waals surface area contributed by atoms with E-state index in [1.165, 1.54) is 11.3 Å². The number of likely N-dealkylation sites (N-methyl/N-ethyl adjacent to an activating group) is 2. The van der Waals surface area contributed by atoms with E-state index < -0.39 is 35.1 Å². The van der Waals surface area contributed by atoms with Crippen molar-refractivity contribution in [3.8, 4) is 0 Å². The highest BCUT2D eigenvalue weighted by Gasteiger charge is 2.28. The summed E-state index contributed by atoms with van der Waals surface area (Å²) in [5, 5.41) is 2.21. The van der Waals surface area contributed by atoms with Crippen molar-refractivity contribution in [1.82, 2.24) is 9.80 Å². The SMILES string of the molecule is C[C@@H](C(=O)N(C)C1CCCCC1)N(C)CC(=O)Nc1ccc(F)c(F)c1F. The number of carbonyl (C=O) groups excluding carboxylic acids is 2. The highest BCUT2D eigenvalue weighted by Crippen LogP contribution is 2.23. The van der Waals surface area contributed by atoms with E-state index in [0.717, 1.165) is 37.8 Å². The monoisotopic (exact) mass is 385 g/mol. The van der Waals surface area contributed by atoms with Crippen LogP contribution in [0.4, 0.5) is 18.9 Å². The summed E-state index contributed by atoms with van der Waals surface area (Å²) in [6, 6.07) is 1.37. The van der Waals surface area contributed by atoms with Crippen LogP contribution < -0.4 is 5.32 Å². The van der Waals surface area contributed by atoms with Crippen molar-refractivity contribution in [3.05, 3.63) is 29.6 Å². The molecule has 0 heterocycles. The Morgan fingerprint density at radius 3 is 2.37 bits per heavy atom. The van der Waals surface area contributed by atoms with Crippen molar-refractivity contribution in [1.29, 1.82) is 0 Å². The van der Waals surface area contributed by atoms with Crippen LogP contribution in [0.5, 0.6) is 0 Å². The van der Waals surface area contributed by atoms with Crippen LogP contribution in [0.25, 0.3) is 0 Å². The van der Waals surface area contributed by atoms with Crippen molar-refractivity contribution < 1.29 is 22.8 Å². The van der Waals surface area contributed by atoms with Gasteiger partial charge in [-0.1, -0.05) is 19.3 Å². The molecule has 0 radical (unpaired) electrons. The molecule has 1 aliphatic rings. The van der Waals surface area contributed by atoms with Crippen molar-refractivity contribution in [2.75, 3.05) is 26.0 Å². The number of benzene rings is 1. The van der Waals surface area contributed by atoms with E-state index in [-0.39, 0.29) is 18.5 Å². The van der Waals surface area contributed by atoms with Crippen LogP contribution >= 0.6 is 0 Å². The number of anilines is 1. The van der Waals surface area contributed by atoms with Crippen LogP contribution in [0.15, 0.2) is 12.1 Å². The van der Waals surface area contributed by atoms with E-state index in [9.17, 15) is 22.8 Å². The molecule has 1 aromatic rings. The third kappa shape index (κ3) is 5.22. The third-order valence-electron chi connectivity index (χ3n) is 5.19. The van der Waals surface area contributed by atoms with Crippen LogP contribution in [0, 0.1) is 17.5 Å². The number of hydrogen-bond acceptors (Lipinski definition) is 3. The van der Waals surface area contributed by atoms with Gasteiger partial charge in [0.25, 0.3) is 0 Å². The highest BCUT2D eigenvalue weighted by atomic mass is 19.2. The van der Waals surface area contributed by atoms with Gasteiger partial charge in [0.1, 0.15) is 0 Å². The van der Waals surface area contributed by atoms with E-state index >= 15 is 0 Å². The van der Waals surface area contributed by atoms with E-state index in [1.54, 1.807) is 25.9 Å². The first-order valence-corrected chi connectivity index (χ1v) is 9.12. The van der Waals surface area contributed by atoms with Gasteiger partial charge in [-0.25, -0.2) is 13.2 Å². The van der Waals surface area contributed by atoms with Gasteiger partial charge in [-0.3, -0.25) is 14.5 Å². The molecule has 0 saturated heterocycles. The number of carbonyl (C=O) groups is 2. The van der Waals surface area contributed by atoms with Gasteiger partial charge in [0.05, 0.1) is 18.3 Å². The number of rotatable bonds is 6. The van der Waals surface area contributed by atoms with Gasteiger partial charge in [-0.15, -0.1) is 0 Å². The van der Waals surface area contributed by atoms with Crippen molar-refractivity contribution in [2.45, 2.75) is 51.1 Å². The number of hydrogen-bond donors (Lipinski definition) is 1. The minimum absolute atomic E-state index is 0.0868. The van der Waals surface area contributed by atoms with Gasteiger partial charge >= 0.3 is 0 Å². The van der Waals surface area contributed by atoms with Crippen LogP contribution in [0.2, 0.25) is 0 Å². The molecule has 0 bridgehead atoms. The normalized spacial score (nSPS) is 16.3. The predicted octanol–water partition coefficient (Wildman–Crippen LogP) is 3.15. The summed E-state index contributed by atoms with van der Waals surface area (Å²) >= 11 is 0. The number of halogens is 3. The summed E-state index contributed by atoms with van der Waals surface area (Å²) in [5.74, 6) is -5.13. The molecule has 1 atom stereocenters. The lowest BCUT2D eigenvalue weighted by molar-refractivity contribution is -0.137. The Morgan fingerprint density at radius 1 is 1.11 bits per heavy atom. The molecule has 5 nitrogen and oxygen atoms in total. The largest absolute Gasteiger partial charge is 0.341 e. The second kappa shape index (κ2) is 9.21. The fourth-order valence-corrected chi connectivity index (χ4v) is 3.31. The Morgan fingerprint density at radius 2 is 1.74 bits per heavy atom. The minimum atomic E-state index is -1.64. The van der Waals surface area contributed by atoms with Gasteiger partial charge < -0.3 is 10.2 Å². The molecule has 0 spiro atoms. The molecule has 8 heteroatoms. The molecule has 150 valence electrons. The van der Waals surface area contributed by atoms with Crippen molar-refractivity contribution in [3.63, 3.8) is 0 Å². The molecule has 0 aromatic heterocycles. The number of amides is 2. The summed E-state index contributed by atoms with van der Waals surface area (Å²) in [7, 11) is 3.39. The van der Waals surface area contributed by atoms with Gasteiger partial charge in [0, 0.05) is 13.1 Å². The zero-order valence-electron chi connectivity index (χ0n) is 15.9. The standard InChI is InChI=1S/C19H26F3N3O2/c1-12(19(27)25(3)13-7-5-4-6-8-13)24(2)11-16(26)23-15-10-9-14(20)17(21)18(15)22/h9-10,12-13H,4-8,11H2,1-3H3,(H,23,26)/t12-/m0/s1. The molecule has 1 aromatic carbocycles. The molecular weight excluding hydrogens is 359 g/mol. The average molecular weight is 385 g/mol. The molecular formula is C19H26F3N3O2. The number of nitrogens with zero attached hydrogens (tertiary/aromatic N) is 2. The summed E-state index contributed by atoms with van der Waals surface area (Å²) in [6.45, 7) is 1.51. The van der Waals surface area contributed by atoms with Gasteiger partial charge in [0.15, 0.2) is 17.5 Å². The smallest absolute Gasteiger partial charge is 0.239 e. The first kappa shape index (κ1) is 21.2. The molecule has 0 aliphatic heterocycles. The maximum atomic E-state index is 13.7. The highest BCUT2D eigenvalue weighted by molar-refractivity contribution is 5.93. The van der Waals surface area contributed by atoms with Crippen molar-refractivity contribution >= 4 is 17.5 Å². The molecule has 2 rings (SSSR count). The quantitative estimate of drug-likeness (QED) is 0.766. The molecule has 0 unspecified atom stereocenters. The second-order valence-electron chi connectivity index (χ2n) is 7.10. The zero-order chi connectivity index (χ0) is 20.1. The average Bonchev–Trinajstić information content (AvgIpc) is 2.67. The lowest BCUT2D eigenvalue weighted by Gasteiger charge is -2.35. The molecule has 1 fully saturated rings. The Balaban J connectivity index is 1.93. The van der Waals surface area contributed by atoms with Crippen LogP contribution in [0.1, 0.15) is 39.0 Å². The number of nitrogens with one attached hydrogen (secondary N) is 1. The first-order chi connectivity index (χ1) is 12.7. The van der Waals surface area contributed by atoms with E-state index in [0.29, 0.717) is 0 Å². The van der Waals surface area contributed by atoms with Crippen molar-refractivity contribution in [2.24, 2.45) is 0 Å². The Kier molecular flexibility index (Phi) is 7.24. The summed E-state index contributed by atoms with van der Waals surface area (Å²) < 4.78 is 39.8. The molecule has 1 saturated carbocycles. The molecule has 1 aliphatic carbocycles. The predicted molar refractivity (Wildman–Crippen MR) is 96.7 cm³/mol. The maximum Gasteiger partial charge on any atom is 0.239 e. The Bertz CT molecular complexity index is 693. The van der Waals surface area contributed by atoms with E-state index in [1.807, 2.05) is 0 Å². The lowest BCUT2D eigenvalue weighted by Crippen LogP contribution is -2.49. The van der Waals surface area contributed by atoms with E-state index in [2.05, 4.69) is 5.32 Å². The van der Waals surface area contributed by atoms with Crippen LogP contribution in [-0.4, -0.2) is 54.3 Å². The van der Waals surface area contributed by atoms with Gasteiger partial charge in [-0.2, -0.15) is 0 Å². The summed E-state index contributed by atoms with van der Waals surface area (Å²) in [6.07, 6.45) is 5.36. The zero-order valence-corrected chi connectivity index (χ0v) is 15.9. The van der Waals surface area contributed by atoms with E-state index in [4.69, 9.17) is 0 Å². The fourth-order valence-electron chi connectivity index (χ4n) is 3.31. The maximum absolute atomic E-state index is 13.7. The third-order valence-corrected chi connectivity index (χ3v) is 5.19. The van der Waals surface area contributed by atoms with Crippen LogP contribution in [-0.2, 0) is 9.59 Å². The Hall–Kier alpha value is -2.09. The van der Waals surface area contributed by atoms with Crippen LogP contribution in [0.3, 0.4) is 0 Å². The first-order valence-electron chi connectivity index (χ1n) is 9.12. The molecule has 1 N–H and O–H groups in total. The molecule has 2 amide bonds.